The molecule has 7 nitrogen and oxygen atoms in total. The van der Waals surface area contributed by atoms with Gasteiger partial charge in [0, 0.05) is 18.7 Å². The van der Waals surface area contributed by atoms with E-state index < -0.39 is 39.9 Å². The lowest BCUT2D eigenvalue weighted by molar-refractivity contribution is -0.117. The highest BCUT2D eigenvalue weighted by Gasteiger charge is 2.38. The zero-order valence-electron chi connectivity index (χ0n) is 13.3. The van der Waals surface area contributed by atoms with Gasteiger partial charge in [-0.1, -0.05) is 11.6 Å². The molecule has 0 radical (unpaired) electrons. The highest BCUT2D eigenvalue weighted by atomic mass is 32.2. The number of phenolic OH excluding ortho intramolecular Hbond substituents is 1. The number of hydrogen-bond acceptors (Lipinski definition) is 5. The molecular weight excluding hydrogens is 349 g/mol. The van der Waals surface area contributed by atoms with Gasteiger partial charge in [0.15, 0.2) is 5.82 Å². The number of aromatic hydroxyl groups is 1. The number of amides is 1. The third-order valence-corrected chi connectivity index (χ3v) is 6.27. The first-order chi connectivity index (χ1) is 11.9. The number of nitrogens with one attached hydrogen (secondary N) is 2. The molecule has 1 aliphatic carbocycles. The summed E-state index contributed by atoms with van der Waals surface area (Å²) in [6, 6.07) is 2.67. The Hall–Kier alpha value is -2.13. The number of benzene rings is 1. The Kier molecular flexibility index (Phi) is 3.73. The molecule has 1 saturated carbocycles. The molecule has 1 aromatic rings. The molecule has 2 aliphatic heterocycles. The Morgan fingerprint density at radius 2 is 2.08 bits per heavy atom. The van der Waals surface area contributed by atoms with Crippen molar-refractivity contribution in [3.63, 3.8) is 0 Å². The minimum Gasteiger partial charge on any atom is -0.506 e. The predicted molar refractivity (Wildman–Crippen MR) is 89.5 cm³/mol. The van der Waals surface area contributed by atoms with Crippen molar-refractivity contribution in [3.8, 4) is 5.75 Å². The summed E-state index contributed by atoms with van der Waals surface area (Å²) >= 11 is 0. The number of hydrogen-bond donors (Lipinski definition) is 3. The minimum atomic E-state index is -4.19. The maximum atomic E-state index is 15.0. The molecule has 4 rings (SSSR count). The van der Waals surface area contributed by atoms with E-state index in [1.807, 2.05) is 0 Å². The van der Waals surface area contributed by atoms with Crippen LogP contribution in [0.5, 0.6) is 5.75 Å². The SMILES string of the molecule is O=C1CN(c2c(O)ccc(/C=C3\CNCC3C3CC3)c2F)S(=O)(=O)N1. The molecule has 25 heavy (non-hydrogen) atoms. The van der Waals surface area contributed by atoms with Gasteiger partial charge in [-0.05, 0) is 36.8 Å². The van der Waals surface area contributed by atoms with E-state index in [1.165, 1.54) is 25.0 Å². The Morgan fingerprint density at radius 3 is 2.72 bits per heavy atom. The Labute approximate surface area is 144 Å². The molecule has 0 bridgehead atoms. The number of halogens is 1. The lowest BCUT2D eigenvalue weighted by Gasteiger charge is -2.18. The normalized spacial score (nSPS) is 27.1. The second-order valence-corrected chi connectivity index (χ2v) is 8.26. The molecule has 9 heteroatoms. The standard InChI is InChI=1S/C16H18FN3O4S/c17-15-10(5-11-6-18-7-12(11)9-1-2-9)3-4-13(21)16(15)20-8-14(22)19-25(20,23)24/h3-5,9,12,18,21H,1-2,6-8H2,(H,19,22)/b11-5+. The molecule has 2 heterocycles. The molecule has 2 saturated heterocycles. The molecule has 0 spiro atoms. The average molecular weight is 367 g/mol. The summed E-state index contributed by atoms with van der Waals surface area (Å²) in [7, 11) is -4.19. The number of phenols is 1. The van der Waals surface area contributed by atoms with Crippen molar-refractivity contribution in [2.75, 3.05) is 23.9 Å². The van der Waals surface area contributed by atoms with E-state index in [2.05, 4.69) is 5.32 Å². The van der Waals surface area contributed by atoms with Crippen LogP contribution in [0.1, 0.15) is 18.4 Å². The van der Waals surface area contributed by atoms with E-state index in [0.29, 0.717) is 22.7 Å². The van der Waals surface area contributed by atoms with Crippen LogP contribution in [0.2, 0.25) is 0 Å². The fourth-order valence-corrected chi connectivity index (χ4v) is 4.69. The van der Waals surface area contributed by atoms with Crippen LogP contribution in [-0.4, -0.2) is 39.1 Å². The van der Waals surface area contributed by atoms with Gasteiger partial charge in [-0.25, -0.2) is 13.4 Å². The quantitative estimate of drug-likeness (QED) is 0.731. The number of carbonyl (C=O) groups is 1. The fourth-order valence-electron chi connectivity index (χ4n) is 3.52. The van der Waals surface area contributed by atoms with Gasteiger partial charge >= 0.3 is 10.2 Å². The van der Waals surface area contributed by atoms with Crippen molar-refractivity contribution in [1.82, 2.24) is 10.0 Å². The smallest absolute Gasteiger partial charge is 0.326 e. The summed E-state index contributed by atoms with van der Waals surface area (Å²) in [5.41, 5.74) is 0.782. The van der Waals surface area contributed by atoms with Crippen molar-refractivity contribution in [1.29, 1.82) is 0 Å². The zero-order chi connectivity index (χ0) is 17.8. The van der Waals surface area contributed by atoms with Gasteiger partial charge in [0.25, 0.3) is 5.91 Å². The largest absolute Gasteiger partial charge is 0.506 e. The first-order valence-corrected chi connectivity index (χ1v) is 9.57. The molecule has 3 N–H and O–H groups in total. The molecule has 3 fully saturated rings. The van der Waals surface area contributed by atoms with Gasteiger partial charge in [-0.15, -0.1) is 0 Å². The van der Waals surface area contributed by atoms with Gasteiger partial charge in [0.2, 0.25) is 0 Å². The second-order valence-electron chi connectivity index (χ2n) is 6.67. The van der Waals surface area contributed by atoms with E-state index >= 15 is 0 Å². The summed E-state index contributed by atoms with van der Waals surface area (Å²) in [5, 5.41) is 13.3. The first kappa shape index (κ1) is 16.3. The summed E-state index contributed by atoms with van der Waals surface area (Å²) in [5.74, 6) is -1.15. The summed E-state index contributed by atoms with van der Waals surface area (Å²) in [4.78, 5) is 11.4. The Bertz CT molecular complexity index is 880. The van der Waals surface area contributed by atoms with Crippen LogP contribution in [0.15, 0.2) is 17.7 Å². The number of carbonyl (C=O) groups excluding carboxylic acids is 1. The van der Waals surface area contributed by atoms with Crippen molar-refractivity contribution >= 4 is 27.9 Å². The van der Waals surface area contributed by atoms with E-state index in [-0.39, 0.29) is 5.56 Å². The molecule has 134 valence electrons. The topological polar surface area (TPSA) is 98.7 Å². The van der Waals surface area contributed by atoms with Crippen LogP contribution in [0.3, 0.4) is 0 Å². The van der Waals surface area contributed by atoms with Gasteiger partial charge in [-0.2, -0.15) is 8.42 Å². The first-order valence-electron chi connectivity index (χ1n) is 8.13. The highest BCUT2D eigenvalue weighted by molar-refractivity contribution is 7.92. The molecule has 1 unspecified atom stereocenters. The average Bonchev–Trinajstić information content (AvgIpc) is 3.21. The summed E-state index contributed by atoms with van der Waals surface area (Å²) < 4.78 is 41.3. The number of anilines is 1. The van der Waals surface area contributed by atoms with Crippen LogP contribution in [0.25, 0.3) is 6.08 Å². The second kappa shape index (κ2) is 5.70. The monoisotopic (exact) mass is 367 g/mol. The van der Waals surface area contributed by atoms with Gasteiger partial charge in [0.1, 0.15) is 18.0 Å². The van der Waals surface area contributed by atoms with E-state index in [4.69, 9.17) is 0 Å². The van der Waals surface area contributed by atoms with Gasteiger partial charge in [-0.3, -0.25) is 4.79 Å². The molecule has 1 amide bonds. The zero-order valence-corrected chi connectivity index (χ0v) is 14.1. The van der Waals surface area contributed by atoms with Crippen LogP contribution in [0, 0.1) is 17.7 Å². The van der Waals surface area contributed by atoms with Crippen LogP contribution in [0.4, 0.5) is 10.1 Å². The fraction of sp³-hybridized carbons (Fsp3) is 0.438. The molecule has 3 aliphatic rings. The lowest BCUT2D eigenvalue weighted by atomic mass is 9.95. The molecule has 1 atom stereocenters. The number of nitrogens with zero attached hydrogens (tertiary/aromatic N) is 1. The maximum absolute atomic E-state index is 15.0. The van der Waals surface area contributed by atoms with E-state index in [1.54, 1.807) is 10.8 Å². The molecule has 1 aromatic carbocycles. The van der Waals surface area contributed by atoms with Crippen molar-refractivity contribution in [3.05, 3.63) is 29.1 Å². The van der Waals surface area contributed by atoms with E-state index in [9.17, 15) is 22.7 Å². The third-order valence-electron chi connectivity index (χ3n) is 4.90. The van der Waals surface area contributed by atoms with Crippen molar-refractivity contribution in [2.45, 2.75) is 12.8 Å². The summed E-state index contributed by atoms with van der Waals surface area (Å²) in [6.45, 7) is 0.972. The Balaban J connectivity index is 1.75. The van der Waals surface area contributed by atoms with Crippen LogP contribution in [-0.2, 0) is 15.0 Å². The van der Waals surface area contributed by atoms with Crippen LogP contribution < -0.4 is 14.3 Å². The molecular formula is C16H18FN3O4S. The van der Waals surface area contributed by atoms with Gasteiger partial charge in [0.05, 0.1) is 0 Å². The van der Waals surface area contributed by atoms with Crippen molar-refractivity contribution < 1.29 is 22.7 Å². The van der Waals surface area contributed by atoms with Crippen molar-refractivity contribution in [2.24, 2.45) is 11.8 Å². The van der Waals surface area contributed by atoms with E-state index in [0.717, 1.165) is 12.1 Å². The minimum absolute atomic E-state index is 0.201. The molecule has 0 aromatic heterocycles. The predicted octanol–water partition coefficient (Wildman–Crippen LogP) is 0.725. The third kappa shape index (κ3) is 2.87. The lowest BCUT2D eigenvalue weighted by Crippen LogP contribution is -2.30. The maximum Gasteiger partial charge on any atom is 0.326 e. The number of rotatable bonds is 3. The van der Waals surface area contributed by atoms with Crippen LogP contribution >= 0.6 is 0 Å². The Morgan fingerprint density at radius 1 is 1.32 bits per heavy atom. The van der Waals surface area contributed by atoms with Gasteiger partial charge < -0.3 is 10.4 Å². The highest BCUT2D eigenvalue weighted by Crippen LogP contribution is 2.43. The summed E-state index contributed by atoms with van der Waals surface area (Å²) in [6.07, 6.45) is 4.07.